The average Bonchev–Trinajstić information content (AvgIpc) is 3.06. The van der Waals surface area contributed by atoms with Crippen LogP contribution in [-0.4, -0.2) is 4.98 Å². The van der Waals surface area contributed by atoms with E-state index < -0.39 is 0 Å². The summed E-state index contributed by atoms with van der Waals surface area (Å²) in [7, 11) is 0. The Kier molecular flexibility index (Phi) is 4.66. The van der Waals surface area contributed by atoms with E-state index >= 15 is 0 Å². The third-order valence-corrected chi connectivity index (χ3v) is 4.66. The number of hydrogen-bond acceptors (Lipinski definition) is 1. The second kappa shape index (κ2) is 6.27. The van der Waals surface area contributed by atoms with Gasteiger partial charge in [-0.3, -0.25) is 0 Å². The van der Waals surface area contributed by atoms with Gasteiger partial charge < -0.3 is 4.98 Å². The third-order valence-electron chi connectivity index (χ3n) is 3.24. The molecule has 0 spiro atoms. The Morgan fingerprint density at radius 1 is 1.05 bits per heavy atom. The molecule has 20 heavy (non-hydrogen) atoms. The van der Waals surface area contributed by atoms with Crippen LogP contribution in [0.3, 0.4) is 0 Å². The van der Waals surface area contributed by atoms with Crippen LogP contribution in [0.2, 0.25) is 0 Å². The number of fused-ring (bicyclic) bond motifs is 1. The van der Waals surface area contributed by atoms with E-state index in [1.54, 1.807) is 0 Å². The molecule has 2 heteroatoms. The van der Waals surface area contributed by atoms with Crippen LogP contribution in [0.1, 0.15) is 45.5 Å². The molecule has 0 unspecified atom stereocenters. The first-order valence-corrected chi connectivity index (χ1v) is 8.14. The van der Waals surface area contributed by atoms with Crippen molar-refractivity contribution < 1.29 is 1.43 Å². The Bertz CT molecular complexity index is 694. The second-order valence-electron chi connectivity index (χ2n) is 5.13. The van der Waals surface area contributed by atoms with Gasteiger partial charge in [-0.1, -0.05) is 39.8 Å². The van der Waals surface area contributed by atoms with E-state index in [0.717, 1.165) is 0 Å². The van der Waals surface area contributed by atoms with Crippen LogP contribution in [0, 0.1) is 6.92 Å². The Morgan fingerprint density at radius 3 is 2.45 bits per heavy atom. The molecule has 0 radical (unpaired) electrons. The van der Waals surface area contributed by atoms with Crippen molar-refractivity contribution in [3.8, 4) is 10.6 Å². The summed E-state index contributed by atoms with van der Waals surface area (Å²) >= 11 is 1.88. The molecule has 0 fully saturated rings. The van der Waals surface area contributed by atoms with E-state index in [0.29, 0.717) is 5.92 Å². The number of rotatable bonds is 2. The van der Waals surface area contributed by atoms with Crippen molar-refractivity contribution in [2.45, 2.75) is 40.5 Å². The average molecular weight is 287 g/mol. The summed E-state index contributed by atoms with van der Waals surface area (Å²) < 4.78 is 0. The van der Waals surface area contributed by atoms with Crippen molar-refractivity contribution in [3.05, 3.63) is 46.8 Å². The number of nitrogens with one attached hydrogen (secondary N) is 1. The highest BCUT2D eigenvalue weighted by Crippen LogP contribution is 2.33. The molecule has 1 aromatic carbocycles. The summed E-state index contributed by atoms with van der Waals surface area (Å²) in [6.45, 7) is 10.6. The van der Waals surface area contributed by atoms with Gasteiger partial charge in [0.15, 0.2) is 0 Å². The maximum atomic E-state index is 3.52. The lowest BCUT2D eigenvalue weighted by molar-refractivity contribution is 0.890. The maximum absolute atomic E-state index is 3.52. The highest BCUT2D eigenvalue weighted by atomic mass is 32.1. The summed E-state index contributed by atoms with van der Waals surface area (Å²) in [6.07, 6.45) is 0. The van der Waals surface area contributed by atoms with E-state index in [9.17, 15) is 0 Å². The number of aromatic nitrogens is 1. The van der Waals surface area contributed by atoms with Gasteiger partial charge in [0.25, 0.3) is 0 Å². The summed E-state index contributed by atoms with van der Waals surface area (Å²) in [5, 5.41) is 1.29. The predicted molar refractivity (Wildman–Crippen MR) is 93.9 cm³/mol. The largest absolute Gasteiger partial charge is 0.354 e. The van der Waals surface area contributed by atoms with Gasteiger partial charge in [-0.2, -0.15) is 0 Å². The van der Waals surface area contributed by atoms with Crippen LogP contribution in [0.15, 0.2) is 36.4 Å². The smallest absolute Gasteiger partial charge is 0.0566 e. The van der Waals surface area contributed by atoms with Gasteiger partial charge in [-0.15, -0.1) is 11.3 Å². The van der Waals surface area contributed by atoms with E-state index in [4.69, 9.17) is 0 Å². The molecule has 3 rings (SSSR count). The molecule has 2 aromatic heterocycles. The number of benzene rings is 1. The first kappa shape index (κ1) is 14.9. The number of hydrogen-bond donors (Lipinski definition) is 1. The molecular weight excluding hydrogens is 262 g/mol. The number of aryl methyl sites for hydroxylation is 1. The predicted octanol–water partition coefficient (Wildman–Crippen LogP) is 6.60. The van der Waals surface area contributed by atoms with E-state index in [1.165, 1.54) is 31.9 Å². The zero-order valence-corrected chi connectivity index (χ0v) is 13.8. The van der Waals surface area contributed by atoms with Crippen LogP contribution in [0.4, 0.5) is 0 Å². The van der Waals surface area contributed by atoms with Gasteiger partial charge in [0, 0.05) is 17.2 Å². The number of aromatic amines is 1. The Hall–Kier alpha value is -1.54. The zero-order valence-electron chi connectivity index (χ0n) is 12.9. The Morgan fingerprint density at radius 2 is 1.80 bits per heavy atom. The molecule has 1 nitrogen and oxygen atoms in total. The normalized spacial score (nSPS) is 10.7. The minimum Gasteiger partial charge on any atom is -0.354 e. The molecule has 108 valence electrons. The highest BCUT2D eigenvalue weighted by molar-refractivity contribution is 7.15. The second-order valence-corrected chi connectivity index (χ2v) is 6.25. The molecule has 1 N–H and O–H groups in total. The van der Waals surface area contributed by atoms with Crippen molar-refractivity contribution in [1.29, 1.82) is 0 Å². The fourth-order valence-electron chi connectivity index (χ4n) is 2.18. The molecule has 0 atom stereocenters. The van der Waals surface area contributed by atoms with E-state index in [1.807, 2.05) is 25.2 Å². The quantitative estimate of drug-likeness (QED) is 0.546. The highest BCUT2D eigenvalue weighted by Gasteiger charge is 2.08. The van der Waals surface area contributed by atoms with Gasteiger partial charge >= 0.3 is 0 Å². The SMILES string of the molecule is CC.Cc1ccc2cc(-c3ccc(C(C)C)s3)[nH]c2c1.[HH]. The molecule has 0 saturated carbocycles. The lowest BCUT2D eigenvalue weighted by atomic mass is 10.2. The van der Waals surface area contributed by atoms with Gasteiger partial charge in [0.1, 0.15) is 0 Å². The van der Waals surface area contributed by atoms with Crippen molar-refractivity contribution in [1.82, 2.24) is 4.98 Å². The van der Waals surface area contributed by atoms with E-state index in [-0.39, 0.29) is 1.43 Å². The number of H-pyrrole nitrogens is 1. The first-order valence-electron chi connectivity index (χ1n) is 7.33. The van der Waals surface area contributed by atoms with Crippen LogP contribution in [0.5, 0.6) is 0 Å². The molecule has 0 bridgehead atoms. The Labute approximate surface area is 127 Å². The minimum atomic E-state index is 0. The molecule has 0 saturated heterocycles. The standard InChI is InChI=1S/C16H17NS.C2H6.H2/c1-10(2)15-6-7-16(18-15)14-9-12-5-4-11(3)8-13(12)17-14;1-2;/h4-10,17H,1-3H3;1-2H3;1H. The van der Waals surface area contributed by atoms with E-state index in [2.05, 4.69) is 62.2 Å². The van der Waals surface area contributed by atoms with Crippen LogP contribution < -0.4 is 0 Å². The van der Waals surface area contributed by atoms with Crippen LogP contribution in [0.25, 0.3) is 21.5 Å². The van der Waals surface area contributed by atoms with Gasteiger partial charge in [0.05, 0.1) is 10.6 Å². The van der Waals surface area contributed by atoms with Crippen molar-refractivity contribution in [3.63, 3.8) is 0 Å². The topological polar surface area (TPSA) is 15.8 Å². The first-order chi connectivity index (χ1) is 9.63. The summed E-state index contributed by atoms with van der Waals surface area (Å²) in [5.41, 5.74) is 3.75. The van der Waals surface area contributed by atoms with Crippen molar-refractivity contribution >= 4 is 22.2 Å². The molecule has 2 heterocycles. The van der Waals surface area contributed by atoms with Gasteiger partial charge in [-0.25, -0.2) is 0 Å². The molecular formula is C18H25NS. The molecule has 0 amide bonds. The molecule has 3 aromatic rings. The molecule has 0 aliphatic rings. The minimum absolute atomic E-state index is 0. The van der Waals surface area contributed by atoms with Crippen molar-refractivity contribution in [2.75, 3.05) is 0 Å². The third kappa shape index (κ3) is 2.96. The lowest BCUT2D eigenvalue weighted by Gasteiger charge is -1.97. The summed E-state index contributed by atoms with van der Waals surface area (Å²) in [4.78, 5) is 6.29. The van der Waals surface area contributed by atoms with Gasteiger partial charge in [0.2, 0.25) is 0 Å². The number of thiophene rings is 1. The van der Waals surface area contributed by atoms with Crippen LogP contribution in [-0.2, 0) is 0 Å². The monoisotopic (exact) mass is 287 g/mol. The van der Waals surface area contributed by atoms with Crippen LogP contribution >= 0.6 is 11.3 Å². The molecule has 0 aliphatic carbocycles. The lowest BCUT2D eigenvalue weighted by Crippen LogP contribution is -1.77. The summed E-state index contributed by atoms with van der Waals surface area (Å²) in [5.74, 6) is 0.607. The molecule has 0 aliphatic heterocycles. The fraction of sp³-hybridized carbons (Fsp3) is 0.333. The fourth-order valence-corrected chi connectivity index (χ4v) is 3.16. The maximum Gasteiger partial charge on any atom is 0.0566 e. The summed E-state index contributed by atoms with van der Waals surface area (Å²) in [6, 6.07) is 13.2. The Balaban J connectivity index is 0.000000706. The van der Waals surface area contributed by atoms with Crippen molar-refractivity contribution in [2.24, 2.45) is 0 Å². The zero-order chi connectivity index (χ0) is 14.7. The van der Waals surface area contributed by atoms with Gasteiger partial charge in [-0.05, 0) is 42.7 Å².